The molecule has 1 fully saturated rings. The average Bonchev–Trinajstić information content (AvgIpc) is 3.02. The predicted octanol–water partition coefficient (Wildman–Crippen LogP) is 2.90. The first kappa shape index (κ1) is 19.4. The minimum Gasteiger partial charge on any atom is -0.356 e. The highest BCUT2D eigenvalue weighted by Gasteiger charge is 2.19. The van der Waals surface area contributed by atoms with E-state index in [9.17, 15) is 9.59 Å². The number of rotatable bonds is 8. The van der Waals surface area contributed by atoms with Crippen molar-refractivity contribution in [1.82, 2.24) is 19.8 Å². The van der Waals surface area contributed by atoms with Crippen LogP contribution in [0.3, 0.4) is 0 Å². The Kier molecular flexibility index (Phi) is 6.85. The van der Waals surface area contributed by atoms with Crippen molar-refractivity contribution < 1.29 is 9.59 Å². The first-order chi connectivity index (χ1) is 13.1. The van der Waals surface area contributed by atoms with Gasteiger partial charge in [0, 0.05) is 33.0 Å². The lowest BCUT2D eigenvalue weighted by molar-refractivity contribution is -0.132. The number of imidazole rings is 1. The largest absolute Gasteiger partial charge is 0.356 e. The number of hydrogen-bond donors (Lipinski definition) is 1. The van der Waals surface area contributed by atoms with E-state index in [-0.39, 0.29) is 11.8 Å². The Balaban J connectivity index is 1.64. The molecule has 1 saturated heterocycles. The molecule has 1 aliphatic heterocycles. The number of fused-ring (bicyclic) bond motifs is 1. The highest BCUT2D eigenvalue weighted by atomic mass is 16.2. The molecule has 1 aromatic carbocycles. The number of para-hydroxylation sites is 2. The maximum absolute atomic E-state index is 12.8. The van der Waals surface area contributed by atoms with Crippen LogP contribution in [0.5, 0.6) is 0 Å². The summed E-state index contributed by atoms with van der Waals surface area (Å²) in [4.78, 5) is 30.5. The number of amides is 2. The normalized spacial score (nSPS) is 14.5. The summed E-state index contributed by atoms with van der Waals surface area (Å²) in [5, 5.41) is 2.83. The summed E-state index contributed by atoms with van der Waals surface area (Å²) in [6.07, 6.45) is 7.29. The summed E-state index contributed by atoms with van der Waals surface area (Å²) in [6, 6.07) is 8.05. The van der Waals surface area contributed by atoms with Gasteiger partial charge >= 0.3 is 0 Å². The minimum absolute atomic E-state index is 0.0213. The molecule has 146 valence electrons. The molecule has 27 heavy (non-hydrogen) atoms. The van der Waals surface area contributed by atoms with Gasteiger partial charge in [-0.3, -0.25) is 9.59 Å². The fourth-order valence-electron chi connectivity index (χ4n) is 3.72. The van der Waals surface area contributed by atoms with Crippen molar-refractivity contribution in [3.8, 4) is 0 Å². The van der Waals surface area contributed by atoms with Crippen LogP contribution >= 0.6 is 0 Å². The van der Waals surface area contributed by atoms with Gasteiger partial charge in [-0.05, 0) is 44.2 Å². The molecule has 6 heteroatoms. The summed E-state index contributed by atoms with van der Waals surface area (Å²) in [5.74, 6) is 1.21. The molecule has 2 aromatic rings. The van der Waals surface area contributed by atoms with Crippen LogP contribution in [0.25, 0.3) is 11.0 Å². The van der Waals surface area contributed by atoms with Crippen LogP contribution in [-0.2, 0) is 22.6 Å². The van der Waals surface area contributed by atoms with E-state index in [0.29, 0.717) is 6.54 Å². The number of benzene rings is 1. The number of carbonyl (C=O) groups excluding carboxylic acids is 2. The smallest absolute Gasteiger partial charge is 0.242 e. The van der Waals surface area contributed by atoms with Crippen molar-refractivity contribution in [2.24, 2.45) is 0 Å². The summed E-state index contributed by atoms with van der Waals surface area (Å²) < 4.78 is 2.10. The van der Waals surface area contributed by atoms with Gasteiger partial charge in [0.2, 0.25) is 11.8 Å². The number of piperidine rings is 1. The molecule has 2 amide bonds. The SMILES string of the molecule is CC(=O)NCCCCCc1nc2ccccc2n1CC(=O)N1CCCCC1. The fourth-order valence-corrected chi connectivity index (χ4v) is 3.72. The lowest BCUT2D eigenvalue weighted by Gasteiger charge is -2.27. The standard InChI is InChI=1S/C21H30N4O2/c1-17(26)22-13-7-2-4-12-20-23-18-10-5-6-11-19(18)25(20)16-21(27)24-14-8-3-9-15-24/h5-6,10-11H,2-4,7-9,12-16H2,1H3,(H,22,26). The van der Waals surface area contributed by atoms with Gasteiger partial charge in [-0.15, -0.1) is 0 Å². The molecule has 6 nitrogen and oxygen atoms in total. The highest BCUT2D eigenvalue weighted by molar-refractivity contribution is 5.81. The van der Waals surface area contributed by atoms with Gasteiger partial charge in [0.15, 0.2) is 0 Å². The van der Waals surface area contributed by atoms with Crippen LogP contribution in [0.1, 0.15) is 51.3 Å². The van der Waals surface area contributed by atoms with E-state index < -0.39 is 0 Å². The molecule has 0 atom stereocenters. The van der Waals surface area contributed by atoms with Gasteiger partial charge in [0.25, 0.3) is 0 Å². The number of unbranched alkanes of at least 4 members (excludes halogenated alkanes) is 2. The second kappa shape index (κ2) is 9.53. The lowest BCUT2D eigenvalue weighted by atomic mass is 10.1. The molecule has 1 aliphatic rings. The van der Waals surface area contributed by atoms with Crippen molar-refractivity contribution in [2.75, 3.05) is 19.6 Å². The maximum Gasteiger partial charge on any atom is 0.242 e. The van der Waals surface area contributed by atoms with E-state index in [1.54, 1.807) is 6.92 Å². The maximum atomic E-state index is 12.8. The molecule has 0 spiro atoms. The zero-order valence-corrected chi connectivity index (χ0v) is 16.2. The molecule has 3 rings (SSSR count). The van der Waals surface area contributed by atoms with Crippen LogP contribution in [-0.4, -0.2) is 45.9 Å². The van der Waals surface area contributed by atoms with E-state index in [0.717, 1.165) is 75.0 Å². The van der Waals surface area contributed by atoms with E-state index in [2.05, 4.69) is 9.88 Å². The summed E-state index contributed by atoms with van der Waals surface area (Å²) in [7, 11) is 0. The molecule has 0 saturated carbocycles. The third kappa shape index (κ3) is 5.31. The minimum atomic E-state index is 0.0213. The summed E-state index contributed by atoms with van der Waals surface area (Å²) in [5.41, 5.74) is 1.99. The Bertz CT molecular complexity index is 778. The van der Waals surface area contributed by atoms with Crippen molar-refractivity contribution in [3.63, 3.8) is 0 Å². The molecule has 2 heterocycles. The van der Waals surface area contributed by atoms with Crippen molar-refractivity contribution in [3.05, 3.63) is 30.1 Å². The quantitative estimate of drug-likeness (QED) is 0.727. The fraction of sp³-hybridized carbons (Fsp3) is 0.571. The van der Waals surface area contributed by atoms with E-state index >= 15 is 0 Å². The lowest BCUT2D eigenvalue weighted by Crippen LogP contribution is -2.38. The Labute approximate surface area is 160 Å². The number of nitrogens with zero attached hydrogens (tertiary/aromatic N) is 3. The zero-order chi connectivity index (χ0) is 19.1. The van der Waals surface area contributed by atoms with Crippen molar-refractivity contribution in [1.29, 1.82) is 0 Å². The monoisotopic (exact) mass is 370 g/mol. The molecule has 1 N–H and O–H groups in total. The Morgan fingerprint density at radius 3 is 2.63 bits per heavy atom. The summed E-state index contributed by atoms with van der Waals surface area (Å²) in [6.45, 7) is 4.40. The van der Waals surface area contributed by atoms with E-state index in [1.165, 1.54) is 6.42 Å². The number of carbonyl (C=O) groups is 2. The Morgan fingerprint density at radius 1 is 1.07 bits per heavy atom. The molecule has 0 bridgehead atoms. The van der Waals surface area contributed by atoms with Crippen LogP contribution in [0.15, 0.2) is 24.3 Å². The molecule has 0 aliphatic carbocycles. The van der Waals surface area contributed by atoms with Gasteiger partial charge in [0.1, 0.15) is 12.4 Å². The number of likely N-dealkylation sites (tertiary alicyclic amines) is 1. The van der Waals surface area contributed by atoms with Crippen LogP contribution < -0.4 is 5.32 Å². The van der Waals surface area contributed by atoms with E-state index in [1.807, 2.05) is 29.2 Å². The molecular formula is C21H30N4O2. The van der Waals surface area contributed by atoms with E-state index in [4.69, 9.17) is 4.98 Å². The van der Waals surface area contributed by atoms with Crippen molar-refractivity contribution >= 4 is 22.8 Å². The predicted molar refractivity (Wildman–Crippen MR) is 106 cm³/mol. The van der Waals surface area contributed by atoms with Gasteiger partial charge in [-0.1, -0.05) is 18.6 Å². The third-order valence-electron chi connectivity index (χ3n) is 5.19. The molecular weight excluding hydrogens is 340 g/mol. The van der Waals surface area contributed by atoms with Crippen molar-refractivity contribution in [2.45, 2.75) is 58.4 Å². The number of nitrogens with one attached hydrogen (secondary N) is 1. The summed E-state index contributed by atoms with van der Waals surface area (Å²) >= 11 is 0. The second-order valence-electron chi connectivity index (χ2n) is 7.34. The van der Waals surface area contributed by atoms with Gasteiger partial charge in [-0.2, -0.15) is 0 Å². The molecule has 1 aromatic heterocycles. The number of hydrogen-bond acceptors (Lipinski definition) is 3. The number of aromatic nitrogens is 2. The first-order valence-electron chi connectivity index (χ1n) is 10.1. The second-order valence-corrected chi connectivity index (χ2v) is 7.34. The van der Waals surface area contributed by atoms with Gasteiger partial charge < -0.3 is 14.8 Å². The van der Waals surface area contributed by atoms with Crippen LogP contribution in [0, 0.1) is 0 Å². The first-order valence-corrected chi connectivity index (χ1v) is 10.1. The zero-order valence-electron chi connectivity index (χ0n) is 16.2. The Morgan fingerprint density at radius 2 is 1.85 bits per heavy atom. The third-order valence-corrected chi connectivity index (χ3v) is 5.19. The van der Waals surface area contributed by atoms with Gasteiger partial charge in [0.05, 0.1) is 11.0 Å². The molecule has 0 radical (unpaired) electrons. The number of aryl methyl sites for hydroxylation is 1. The topological polar surface area (TPSA) is 67.2 Å². The van der Waals surface area contributed by atoms with Crippen LogP contribution in [0.4, 0.5) is 0 Å². The highest BCUT2D eigenvalue weighted by Crippen LogP contribution is 2.19. The molecule has 0 unspecified atom stereocenters. The average molecular weight is 370 g/mol. The van der Waals surface area contributed by atoms with Crippen LogP contribution in [0.2, 0.25) is 0 Å². The van der Waals surface area contributed by atoms with Gasteiger partial charge in [-0.25, -0.2) is 4.98 Å². The Hall–Kier alpha value is -2.37.